The van der Waals surface area contributed by atoms with Crippen LogP contribution in [0.2, 0.25) is 0 Å². The van der Waals surface area contributed by atoms with E-state index in [0.717, 1.165) is 50.0 Å². The lowest BCUT2D eigenvalue weighted by molar-refractivity contribution is 0.217. The van der Waals surface area contributed by atoms with Crippen molar-refractivity contribution in [2.75, 3.05) is 31.9 Å². The van der Waals surface area contributed by atoms with Crippen molar-refractivity contribution in [1.29, 1.82) is 0 Å². The number of nitrogens with one attached hydrogen (secondary N) is 1. The van der Waals surface area contributed by atoms with Gasteiger partial charge in [0.15, 0.2) is 9.84 Å². The van der Waals surface area contributed by atoms with Crippen molar-refractivity contribution in [3.05, 3.63) is 29.8 Å². The Kier molecular flexibility index (Phi) is 2.91. The van der Waals surface area contributed by atoms with Gasteiger partial charge in [0.1, 0.15) is 0 Å². The molecule has 3 heterocycles. The highest BCUT2D eigenvalue weighted by Gasteiger charge is 2.41. The van der Waals surface area contributed by atoms with E-state index < -0.39 is 9.84 Å². The minimum Gasteiger partial charge on any atom is -0.316 e. The highest BCUT2D eigenvalue weighted by Crippen LogP contribution is 2.40. The van der Waals surface area contributed by atoms with Gasteiger partial charge in [0.2, 0.25) is 0 Å². The zero-order valence-corrected chi connectivity index (χ0v) is 12.3. The van der Waals surface area contributed by atoms with Crippen LogP contribution in [0.3, 0.4) is 0 Å². The van der Waals surface area contributed by atoms with E-state index in [4.69, 9.17) is 0 Å². The van der Waals surface area contributed by atoms with Crippen molar-refractivity contribution < 1.29 is 8.42 Å². The van der Waals surface area contributed by atoms with E-state index in [9.17, 15) is 8.42 Å². The van der Waals surface area contributed by atoms with Crippen LogP contribution in [-0.2, 0) is 9.84 Å². The van der Waals surface area contributed by atoms with E-state index in [0.29, 0.717) is 16.7 Å². The zero-order valence-electron chi connectivity index (χ0n) is 11.5. The fraction of sp³-hybridized carbons (Fsp3) is 0.600. The Labute approximate surface area is 120 Å². The molecule has 1 aromatic rings. The Bertz CT molecular complexity index is 617. The van der Waals surface area contributed by atoms with E-state index in [2.05, 4.69) is 10.2 Å². The lowest BCUT2D eigenvalue weighted by Crippen LogP contribution is -2.34. The lowest BCUT2D eigenvalue weighted by Gasteiger charge is -2.33. The number of hydrogen-bond acceptors (Lipinski definition) is 4. The van der Waals surface area contributed by atoms with Gasteiger partial charge in [-0.2, -0.15) is 0 Å². The minimum atomic E-state index is -3.06. The molecular formula is C15H20N2O2S. The summed E-state index contributed by atoms with van der Waals surface area (Å²) in [5, 5.41) is 3.46. The van der Waals surface area contributed by atoms with Gasteiger partial charge in [0.25, 0.3) is 0 Å². The van der Waals surface area contributed by atoms with E-state index >= 15 is 0 Å². The van der Waals surface area contributed by atoms with E-state index in [-0.39, 0.29) is 0 Å². The fourth-order valence-corrected chi connectivity index (χ4v) is 5.70. The van der Waals surface area contributed by atoms with Gasteiger partial charge >= 0.3 is 0 Å². The first kappa shape index (κ1) is 12.8. The van der Waals surface area contributed by atoms with Crippen LogP contribution in [0.5, 0.6) is 0 Å². The molecule has 0 bridgehead atoms. The van der Waals surface area contributed by atoms with Gasteiger partial charge in [-0.15, -0.1) is 0 Å². The third-order valence-corrected chi connectivity index (χ3v) is 6.95. The molecule has 0 spiro atoms. The number of sulfone groups is 1. The number of nitrogens with zero attached hydrogens (tertiary/aromatic N) is 1. The summed E-state index contributed by atoms with van der Waals surface area (Å²) in [4.78, 5) is 3.08. The third-order valence-electron chi connectivity index (χ3n) is 5.13. The number of fused-ring (bicyclic) bond motifs is 2. The van der Waals surface area contributed by atoms with Crippen LogP contribution in [0.1, 0.15) is 18.0 Å². The molecule has 5 heteroatoms. The average molecular weight is 292 g/mol. The maximum absolute atomic E-state index is 12.2. The quantitative estimate of drug-likeness (QED) is 0.841. The molecule has 1 aromatic carbocycles. The number of hydrogen-bond donors (Lipinski definition) is 1. The summed E-state index contributed by atoms with van der Waals surface area (Å²) in [6.07, 6.45) is 0.742. The molecule has 3 unspecified atom stereocenters. The summed E-state index contributed by atoms with van der Waals surface area (Å²) in [5.41, 5.74) is 1.02. The Balaban J connectivity index is 1.67. The summed E-state index contributed by atoms with van der Waals surface area (Å²) >= 11 is 0. The molecule has 0 saturated carbocycles. The molecule has 20 heavy (non-hydrogen) atoms. The second kappa shape index (κ2) is 4.55. The van der Waals surface area contributed by atoms with Gasteiger partial charge in [0.05, 0.1) is 10.6 Å². The molecule has 0 amide bonds. The lowest BCUT2D eigenvalue weighted by atomic mass is 10.0. The fourth-order valence-electron chi connectivity index (χ4n) is 4.10. The first-order chi connectivity index (χ1) is 9.65. The second-order valence-electron chi connectivity index (χ2n) is 6.29. The molecular weight excluding hydrogens is 272 g/mol. The second-order valence-corrected chi connectivity index (χ2v) is 8.37. The molecule has 3 atom stereocenters. The zero-order chi connectivity index (χ0) is 13.7. The van der Waals surface area contributed by atoms with Crippen molar-refractivity contribution in [2.24, 2.45) is 11.8 Å². The summed E-state index contributed by atoms with van der Waals surface area (Å²) < 4.78 is 24.4. The molecule has 3 aliphatic rings. The molecule has 2 saturated heterocycles. The van der Waals surface area contributed by atoms with Crippen molar-refractivity contribution >= 4 is 9.84 Å². The third kappa shape index (κ3) is 1.91. The van der Waals surface area contributed by atoms with Gasteiger partial charge < -0.3 is 5.32 Å². The van der Waals surface area contributed by atoms with Crippen molar-refractivity contribution in [2.45, 2.75) is 17.4 Å². The standard InChI is InChI=1S/C15H20N2O2S/c18-20(19)6-5-14(13-3-1-2-4-15(13)20)17-9-11-7-16-8-12(11)10-17/h1-4,11-12,14,16H,5-10H2. The molecule has 2 fully saturated rings. The monoisotopic (exact) mass is 292 g/mol. The van der Waals surface area contributed by atoms with Crippen LogP contribution in [0, 0.1) is 11.8 Å². The Morgan fingerprint density at radius 2 is 1.80 bits per heavy atom. The Morgan fingerprint density at radius 1 is 1.10 bits per heavy atom. The summed E-state index contributed by atoms with van der Waals surface area (Å²) in [6, 6.07) is 7.87. The van der Waals surface area contributed by atoms with Crippen LogP contribution in [-0.4, -0.2) is 45.2 Å². The maximum atomic E-state index is 12.2. The van der Waals surface area contributed by atoms with E-state index in [1.165, 1.54) is 0 Å². The van der Waals surface area contributed by atoms with Crippen LogP contribution in [0.15, 0.2) is 29.2 Å². The van der Waals surface area contributed by atoms with E-state index in [1.54, 1.807) is 6.07 Å². The average Bonchev–Trinajstić information content (AvgIpc) is 3.00. The minimum absolute atomic E-state index is 0.290. The molecule has 0 radical (unpaired) electrons. The van der Waals surface area contributed by atoms with Crippen LogP contribution in [0.4, 0.5) is 0 Å². The predicted octanol–water partition coefficient (Wildman–Crippen LogP) is 1.06. The number of benzene rings is 1. The first-order valence-corrected chi connectivity index (χ1v) is 9.07. The number of rotatable bonds is 1. The van der Waals surface area contributed by atoms with Crippen LogP contribution >= 0.6 is 0 Å². The van der Waals surface area contributed by atoms with Gasteiger partial charge in [-0.05, 0) is 43.0 Å². The highest BCUT2D eigenvalue weighted by molar-refractivity contribution is 7.91. The van der Waals surface area contributed by atoms with Crippen molar-refractivity contribution in [3.8, 4) is 0 Å². The first-order valence-electron chi connectivity index (χ1n) is 7.41. The van der Waals surface area contributed by atoms with Gasteiger partial charge in [0, 0.05) is 19.1 Å². The summed E-state index contributed by atoms with van der Waals surface area (Å²) in [7, 11) is -3.06. The smallest absolute Gasteiger partial charge is 0.178 e. The van der Waals surface area contributed by atoms with E-state index in [1.807, 2.05) is 18.2 Å². The number of likely N-dealkylation sites (tertiary alicyclic amines) is 1. The molecule has 1 N–H and O–H groups in total. The predicted molar refractivity (Wildman–Crippen MR) is 77.3 cm³/mol. The van der Waals surface area contributed by atoms with Gasteiger partial charge in [-0.3, -0.25) is 4.90 Å². The van der Waals surface area contributed by atoms with Crippen molar-refractivity contribution in [1.82, 2.24) is 10.2 Å². The van der Waals surface area contributed by atoms with Crippen LogP contribution < -0.4 is 5.32 Å². The molecule has 4 rings (SSSR count). The molecule has 0 aliphatic carbocycles. The highest BCUT2D eigenvalue weighted by atomic mass is 32.2. The summed E-state index contributed by atoms with van der Waals surface area (Å²) in [6.45, 7) is 4.45. The Hall–Kier alpha value is -0.910. The molecule has 4 nitrogen and oxygen atoms in total. The molecule has 108 valence electrons. The maximum Gasteiger partial charge on any atom is 0.178 e. The topological polar surface area (TPSA) is 49.4 Å². The normalized spacial score (nSPS) is 35.7. The van der Waals surface area contributed by atoms with Gasteiger partial charge in [-0.1, -0.05) is 18.2 Å². The SMILES string of the molecule is O=S1(=O)CCC(N2CC3CNCC3C2)c2ccccc21. The molecule has 3 aliphatic heterocycles. The Morgan fingerprint density at radius 3 is 2.55 bits per heavy atom. The van der Waals surface area contributed by atoms with Crippen molar-refractivity contribution in [3.63, 3.8) is 0 Å². The van der Waals surface area contributed by atoms with Gasteiger partial charge in [-0.25, -0.2) is 8.42 Å². The molecule has 0 aromatic heterocycles. The van der Waals surface area contributed by atoms with Crippen LogP contribution in [0.25, 0.3) is 0 Å². The largest absolute Gasteiger partial charge is 0.316 e. The summed E-state index contributed by atoms with van der Waals surface area (Å²) in [5.74, 6) is 1.79.